The number of morpholine rings is 1. The number of rotatable bonds is 5. The molecule has 0 atom stereocenters. The third-order valence-electron chi connectivity index (χ3n) is 6.06. The Bertz CT molecular complexity index is 1170. The van der Waals surface area contributed by atoms with Crippen molar-refractivity contribution >= 4 is 33.9 Å². The average Bonchev–Trinajstić information content (AvgIpc) is 3.39. The number of nitro groups is 1. The fourth-order valence-electron chi connectivity index (χ4n) is 4.21. The van der Waals surface area contributed by atoms with Crippen molar-refractivity contribution in [1.29, 1.82) is 0 Å². The van der Waals surface area contributed by atoms with E-state index in [1.54, 1.807) is 11.0 Å². The van der Waals surface area contributed by atoms with Crippen LogP contribution in [0.4, 0.5) is 16.5 Å². The third-order valence-corrected chi connectivity index (χ3v) is 6.83. The molecule has 0 spiro atoms. The molecule has 0 N–H and O–H groups in total. The number of anilines is 2. The van der Waals surface area contributed by atoms with Gasteiger partial charge in [0, 0.05) is 68.5 Å². The molecule has 0 radical (unpaired) electrons. The minimum Gasteiger partial charge on any atom is -0.378 e. The second kappa shape index (κ2) is 9.74. The normalized spacial score (nSPS) is 16.5. The molecule has 3 aromatic rings. The number of piperazine rings is 1. The summed E-state index contributed by atoms with van der Waals surface area (Å²) >= 11 is 1.35. The van der Waals surface area contributed by atoms with Gasteiger partial charge in [0.05, 0.1) is 29.4 Å². The number of ether oxygens (including phenoxy) is 1. The lowest BCUT2D eigenvalue weighted by atomic mass is 10.1. The minimum absolute atomic E-state index is 0.0821. The maximum Gasteiger partial charge on any atom is 0.270 e. The van der Waals surface area contributed by atoms with Crippen molar-refractivity contribution in [2.45, 2.75) is 0 Å². The van der Waals surface area contributed by atoms with E-state index in [4.69, 9.17) is 4.74 Å². The van der Waals surface area contributed by atoms with Gasteiger partial charge in [-0.25, -0.2) is 0 Å². The number of aromatic nitrogens is 2. The maximum atomic E-state index is 13.5. The Morgan fingerprint density at radius 3 is 2.41 bits per heavy atom. The first kappa shape index (κ1) is 22.2. The first-order valence-electron chi connectivity index (χ1n) is 11.1. The highest BCUT2D eigenvalue weighted by atomic mass is 32.1. The first-order chi connectivity index (χ1) is 16.6. The molecule has 0 unspecified atom stereocenters. The fraction of sp³-hybridized carbons (Fsp3) is 0.348. The van der Waals surface area contributed by atoms with Crippen molar-refractivity contribution in [3.05, 3.63) is 64.2 Å². The largest absolute Gasteiger partial charge is 0.378 e. The second-order valence-corrected chi connectivity index (χ2v) is 8.83. The molecular formula is C23H24N6O4S. The molecule has 0 saturated carbocycles. The molecule has 176 valence electrons. The molecule has 10 nitrogen and oxygen atoms in total. The summed E-state index contributed by atoms with van der Waals surface area (Å²) in [5.41, 5.74) is 1.98. The van der Waals surface area contributed by atoms with Crippen LogP contribution < -0.4 is 9.80 Å². The van der Waals surface area contributed by atoms with Crippen LogP contribution in [-0.2, 0) is 4.74 Å². The van der Waals surface area contributed by atoms with E-state index < -0.39 is 4.92 Å². The summed E-state index contributed by atoms with van der Waals surface area (Å²) in [5, 5.41) is 12.2. The topological polar surface area (TPSA) is 105 Å². The molecular weight excluding hydrogens is 456 g/mol. The maximum absolute atomic E-state index is 13.5. The lowest BCUT2D eigenvalue weighted by molar-refractivity contribution is -0.384. The summed E-state index contributed by atoms with van der Waals surface area (Å²) in [5.74, 6) is 0.512. The molecule has 2 fully saturated rings. The molecule has 2 aliphatic rings. The zero-order chi connectivity index (χ0) is 23.5. The predicted molar refractivity (Wildman–Crippen MR) is 130 cm³/mol. The number of carbonyl (C=O) groups excluding carboxylic acids is 1. The first-order valence-corrected chi connectivity index (χ1v) is 11.9. The number of carbonyl (C=O) groups is 1. The van der Waals surface area contributed by atoms with Crippen molar-refractivity contribution in [2.24, 2.45) is 0 Å². The van der Waals surface area contributed by atoms with Crippen LogP contribution in [0.2, 0.25) is 0 Å². The fourth-order valence-corrected chi connectivity index (χ4v) is 4.95. The molecule has 1 amide bonds. The number of amides is 1. The van der Waals surface area contributed by atoms with Gasteiger partial charge in [-0.05, 0) is 6.07 Å². The number of non-ortho nitro benzene ring substituents is 1. The number of nitro benzene ring substituents is 1. The second-order valence-electron chi connectivity index (χ2n) is 8.10. The van der Waals surface area contributed by atoms with Gasteiger partial charge in [-0.3, -0.25) is 14.9 Å². The quantitative estimate of drug-likeness (QED) is 0.406. The summed E-state index contributed by atoms with van der Waals surface area (Å²) < 4.78 is 9.90. The van der Waals surface area contributed by atoms with Gasteiger partial charge < -0.3 is 19.4 Å². The van der Waals surface area contributed by atoms with E-state index in [0.717, 1.165) is 16.4 Å². The van der Waals surface area contributed by atoms with Crippen LogP contribution in [0.1, 0.15) is 10.4 Å². The summed E-state index contributed by atoms with van der Waals surface area (Å²) in [7, 11) is 0. The third kappa shape index (κ3) is 4.57. The number of hydrogen-bond donors (Lipinski definition) is 0. The molecule has 2 aliphatic heterocycles. The summed E-state index contributed by atoms with van der Waals surface area (Å²) in [6.07, 6.45) is 0. The summed E-state index contributed by atoms with van der Waals surface area (Å²) in [6.45, 7) is 4.67. The smallest absolute Gasteiger partial charge is 0.270 e. The van der Waals surface area contributed by atoms with E-state index in [2.05, 4.69) is 19.2 Å². The molecule has 1 aromatic heterocycles. The van der Waals surface area contributed by atoms with Gasteiger partial charge in [-0.1, -0.05) is 30.3 Å². The van der Waals surface area contributed by atoms with Crippen LogP contribution in [0.3, 0.4) is 0 Å². The highest BCUT2D eigenvalue weighted by Gasteiger charge is 2.28. The van der Waals surface area contributed by atoms with Gasteiger partial charge in [-0.15, -0.1) is 0 Å². The highest BCUT2D eigenvalue weighted by Crippen LogP contribution is 2.29. The Morgan fingerprint density at radius 2 is 1.71 bits per heavy atom. The molecule has 0 aliphatic carbocycles. The van der Waals surface area contributed by atoms with Crippen molar-refractivity contribution in [3.63, 3.8) is 0 Å². The Labute approximate surface area is 200 Å². The molecule has 2 aromatic carbocycles. The van der Waals surface area contributed by atoms with Gasteiger partial charge >= 0.3 is 0 Å². The van der Waals surface area contributed by atoms with Crippen LogP contribution in [0, 0.1) is 10.1 Å². The lowest BCUT2D eigenvalue weighted by Crippen LogP contribution is -2.49. The Kier molecular flexibility index (Phi) is 6.37. The van der Waals surface area contributed by atoms with Gasteiger partial charge in [0.1, 0.15) is 0 Å². The predicted octanol–water partition coefficient (Wildman–Crippen LogP) is 2.91. The number of nitrogens with zero attached hydrogens (tertiary/aromatic N) is 6. The van der Waals surface area contributed by atoms with E-state index in [9.17, 15) is 14.9 Å². The highest BCUT2D eigenvalue weighted by molar-refractivity contribution is 7.09. The summed E-state index contributed by atoms with van der Waals surface area (Å²) in [6, 6.07) is 14.4. The molecule has 3 heterocycles. The minimum atomic E-state index is -0.461. The summed E-state index contributed by atoms with van der Waals surface area (Å²) in [4.78, 5) is 35.0. The molecule has 2 saturated heterocycles. The Balaban J connectivity index is 1.31. The SMILES string of the molecule is O=C(c1cc([N+](=O)[O-])ccc1N1CCOCC1)N1CCN(c2nc(-c3ccccc3)ns2)CC1. The molecule has 0 bridgehead atoms. The van der Waals surface area contributed by atoms with Crippen molar-refractivity contribution < 1.29 is 14.5 Å². The average molecular weight is 481 g/mol. The monoisotopic (exact) mass is 480 g/mol. The van der Waals surface area contributed by atoms with Crippen molar-refractivity contribution in [3.8, 4) is 11.4 Å². The van der Waals surface area contributed by atoms with E-state index >= 15 is 0 Å². The number of hydrogen-bond acceptors (Lipinski definition) is 9. The van der Waals surface area contributed by atoms with Crippen molar-refractivity contribution in [1.82, 2.24) is 14.3 Å². The molecule has 34 heavy (non-hydrogen) atoms. The molecule has 11 heteroatoms. The standard InChI is InChI=1S/C23H24N6O4S/c30-22(19-16-18(29(31)32)6-7-20(19)26-12-14-33-15-13-26)27-8-10-28(11-9-27)23-24-21(25-34-23)17-4-2-1-3-5-17/h1-7,16H,8-15H2. The van der Waals surface area contributed by atoms with E-state index in [-0.39, 0.29) is 11.6 Å². The lowest BCUT2D eigenvalue weighted by Gasteiger charge is -2.36. The van der Waals surface area contributed by atoms with Crippen LogP contribution in [0.25, 0.3) is 11.4 Å². The van der Waals surface area contributed by atoms with Gasteiger partial charge in [0.15, 0.2) is 5.82 Å². The Hall–Kier alpha value is -3.57. The van der Waals surface area contributed by atoms with Crippen molar-refractivity contribution in [2.75, 3.05) is 62.3 Å². The van der Waals surface area contributed by atoms with Crippen LogP contribution >= 0.6 is 11.5 Å². The Morgan fingerprint density at radius 1 is 0.971 bits per heavy atom. The molecule has 5 rings (SSSR count). The van der Waals surface area contributed by atoms with Gasteiger partial charge in [0.2, 0.25) is 5.13 Å². The van der Waals surface area contributed by atoms with Crippen LogP contribution in [0.5, 0.6) is 0 Å². The van der Waals surface area contributed by atoms with Crippen LogP contribution in [-0.4, -0.2) is 77.6 Å². The van der Waals surface area contributed by atoms with E-state index in [1.165, 1.54) is 23.7 Å². The number of benzene rings is 2. The van der Waals surface area contributed by atoms with Gasteiger partial charge in [0.25, 0.3) is 11.6 Å². The zero-order valence-corrected chi connectivity index (χ0v) is 19.3. The van der Waals surface area contributed by atoms with Gasteiger partial charge in [-0.2, -0.15) is 9.36 Å². The van der Waals surface area contributed by atoms with E-state index in [0.29, 0.717) is 63.9 Å². The van der Waals surface area contributed by atoms with E-state index in [1.807, 2.05) is 30.3 Å². The van der Waals surface area contributed by atoms with Crippen LogP contribution in [0.15, 0.2) is 48.5 Å². The zero-order valence-electron chi connectivity index (χ0n) is 18.5.